The van der Waals surface area contributed by atoms with Gasteiger partial charge in [0, 0.05) is 57.8 Å². The van der Waals surface area contributed by atoms with Crippen LogP contribution in [0, 0.1) is 5.92 Å². The molecular formula is C18H25N3O3. The Bertz CT molecular complexity index is 570. The summed E-state index contributed by atoms with van der Waals surface area (Å²) >= 11 is 0. The van der Waals surface area contributed by atoms with E-state index in [1.807, 2.05) is 24.0 Å². The van der Waals surface area contributed by atoms with Gasteiger partial charge in [-0.25, -0.2) is 0 Å². The molecule has 6 heteroatoms. The molecule has 3 heterocycles. The van der Waals surface area contributed by atoms with Crippen LogP contribution in [0.1, 0.15) is 32.6 Å². The number of nitrogens with zero attached hydrogens (tertiary/aromatic N) is 3. The lowest BCUT2D eigenvalue weighted by Crippen LogP contribution is -2.49. The number of piperidine rings is 2. The van der Waals surface area contributed by atoms with E-state index in [4.69, 9.17) is 4.74 Å². The van der Waals surface area contributed by atoms with Crippen LogP contribution in [-0.2, 0) is 9.59 Å². The minimum Gasteiger partial charge on any atom is -0.490 e. The average Bonchev–Trinajstić information content (AvgIpc) is 2.63. The van der Waals surface area contributed by atoms with Gasteiger partial charge in [0.05, 0.1) is 5.92 Å². The summed E-state index contributed by atoms with van der Waals surface area (Å²) in [4.78, 5) is 32.2. The van der Waals surface area contributed by atoms with E-state index in [0.29, 0.717) is 25.9 Å². The monoisotopic (exact) mass is 331 g/mol. The second kappa shape index (κ2) is 7.64. The highest BCUT2D eigenvalue weighted by Crippen LogP contribution is 2.23. The van der Waals surface area contributed by atoms with Crippen LogP contribution in [0.25, 0.3) is 0 Å². The van der Waals surface area contributed by atoms with E-state index in [2.05, 4.69) is 4.98 Å². The lowest BCUT2D eigenvalue weighted by molar-refractivity contribution is -0.144. The van der Waals surface area contributed by atoms with Crippen molar-refractivity contribution < 1.29 is 14.3 Å². The predicted molar refractivity (Wildman–Crippen MR) is 89.4 cm³/mol. The summed E-state index contributed by atoms with van der Waals surface area (Å²) in [6.45, 7) is 4.68. The van der Waals surface area contributed by atoms with Crippen LogP contribution >= 0.6 is 0 Å². The smallest absolute Gasteiger partial charge is 0.227 e. The van der Waals surface area contributed by atoms with Crippen molar-refractivity contribution in [3.05, 3.63) is 24.5 Å². The van der Waals surface area contributed by atoms with Crippen molar-refractivity contribution in [1.82, 2.24) is 14.8 Å². The number of carbonyl (C=O) groups is 2. The van der Waals surface area contributed by atoms with Crippen LogP contribution in [0.15, 0.2) is 24.5 Å². The molecule has 3 rings (SSSR count). The number of carbonyl (C=O) groups excluding carboxylic acids is 2. The van der Waals surface area contributed by atoms with Crippen LogP contribution in [-0.4, -0.2) is 58.9 Å². The summed E-state index contributed by atoms with van der Waals surface area (Å²) in [7, 11) is 0. The van der Waals surface area contributed by atoms with Crippen molar-refractivity contribution in [3.8, 4) is 5.75 Å². The minimum atomic E-state index is -0.0414. The van der Waals surface area contributed by atoms with Gasteiger partial charge < -0.3 is 14.5 Å². The minimum absolute atomic E-state index is 0.0414. The number of hydrogen-bond acceptors (Lipinski definition) is 4. The summed E-state index contributed by atoms with van der Waals surface area (Å²) < 4.78 is 5.95. The molecule has 0 saturated carbocycles. The fourth-order valence-electron chi connectivity index (χ4n) is 3.48. The second-order valence-corrected chi connectivity index (χ2v) is 6.49. The van der Waals surface area contributed by atoms with Gasteiger partial charge in [0.25, 0.3) is 0 Å². The molecule has 2 aliphatic rings. The van der Waals surface area contributed by atoms with Gasteiger partial charge in [0.1, 0.15) is 11.9 Å². The van der Waals surface area contributed by atoms with E-state index < -0.39 is 0 Å². The third-order valence-corrected chi connectivity index (χ3v) is 4.94. The van der Waals surface area contributed by atoms with Crippen LogP contribution in [0.3, 0.4) is 0 Å². The van der Waals surface area contributed by atoms with Gasteiger partial charge in [-0.3, -0.25) is 14.6 Å². The number of ether oxygens (including phenoxy) is 1. The molecule has 24 heavy (non-hydrogen) atoms. The van der Waals surface area contributed by atoms with Crippen molar-refractivity contribution in [3.63, 3.8) is 0 Å². The number of pyridine rings is 1. The van der Waals surface area contributed by atoms with E-state index >= 15 is 0 Å². The maximum atomic E-state index is 12.7. The molecule has 0 aromatic carbocycles. The third-order valence-electron chi connectivity index (χ3n) is 4.94. The first-order valence-electron chi connectivity index (χ1n) is 8.80. The molecule has 2 saturated heterocycles. The molecule has 0 N–H and O–H groups in total. The normalized spacial score (nSPS) is 22.5. The molecule has 130 valence electrons. The van der Waals surface area contributed by atoms with Gasteiger partial charge in [-0.2, -0.15) is 0 Å². The van der Waals surface area contributed by atoms with Crippen molar-refractivity contribution in [2.24, 2.45) is 5.92 Å². The molecule has 1 aromatic rings. The highest BCUT2D eigenvalue weighted by Gasteiger charge is 2.33. The van der Waals surface area contributed by atoms with Crippen molar-refractivity contribution in [2.45, 2.75) is 38.7 Å². The zero-order valence-corrected chi connectivity index (χ0v) is 14.2. The topological polar surface area (TPSA) is 62.7 Å². The molecule has 0 bridgehead atoms. The van der Waals surface area contributed by atoms with Crippen molar-refractivity contribution >= 4 is 11.8 Å². The quantitative estimate of drug-likeness (QED) is 0.843. The Morgan fingerprint density at radius 1 is 1.25 bits per heavy atom. The molecular weight excluding hydrogens is 306 g/mol. The zero-order valence-electron chi connectivity index (χ0n) is 14.2. The molecule has 0 unspecified atom stereocenters. The largest absolute Gasteiger partial charge is 0.490 e. The predicted octanol–water partition coefficient (Wildman–Crippen LogP) is 1.71. The van der Waals surface area contributed by atoms with Gasteiger partial charge in [-0.1, -0.05) is 0 Å². The molecule has 0 radical (unpaired) electrons. The molecule has 1 atom stereocenters. The molecule has 2 fully saturated rings. The lowest BCUT2D eigenvalue weighted by Gasteiger charge is -2.37. The summed E-state index contributed by atoms with van der Waals surface area (Å²) in [6.07, 6.45) is 6.45. The zero-order chi connectivity index (χ0) is 16.9. The number of likely N-dealkylation sites (tertiary alicyclic amines) is 2. The highest BCUT2D eigenvalue weighted by atomic mass is 16.5. The Balaban J connectivity index is 1.49. The Hall–Kier alpha value is -2.11. The van der Waals surface area contributed by atoms with Gasteiger partial charge in [-0.05, 0) is 25.5 Å². The van der Waals surface area contributed by atoms with Crippen LogP contribution in [0.5, 0.6) is 5.75 Å². The van der Waals surface area contributed by atoms with Crippen LogP contribution in [0.4, 0.5) is 0 Å². The first-order valence-corrected chi connectivity index (χ1v) is 8.80. The first kappa shape index (κ1) is 16.7. The summed E-state index contributed by atoms with van der Waals surface area (Å²) in [5.74, 6) is 1.16. The van der Waals surface area contributed by atoms with Gasteiger partial charge in [-0.15, -0.1) is 0 Å². The van der Waals surface area contributed by atoms with Gasteiger partial charge in [0.15, 0.2) is 0 Å². The van der Waals surface area contributed by atoms with Crippen molar-refractivity contribution in [1.29, 1.82) is 0 Å². The molecule has 1 aromatic heterocycles. The molecule has 0 spiro atoms. The molecule has 6 nitrogen and oxygen atoms in total. The molecule has 2 aliphatic heterocycles. The van der Waals surface area contributed by atoms with E-state index in [9.17, 15) is 9.59 Å². The number of amides is 2. The Kier molecular flexibility index (Phi) is 5.33. The van der Waals surface area contributed by atoms with E-state index in [0.717, 1.165) is 31.7 Å². The number of aromatic nitrogens is 1. The SMILES string of the molecule is CCN1C[C@@H](C(=O)N2CCC(Oc3ccncc3)CC2)CCC1=O. The van der Waals surface area contributed by atoms with Crippen LogP contribution < -0.4 is 4.74 Å². The van der Waals surface area contributed by atoms with E-state index in [-0.39, 0.29) is 23.8 Å². The Morgan fingerprint density at radius 2 is 1.96 bits per heavy atom. The maximum absolute atomic E-state index is 12.7. The van der Waals surface area contributed by atoms with E-state index in [1.165, 1.54) is 0 Å². The Labute approximate surface area is 142 Å². The van der Waals surface area contributed by atoms with Crippen molar-refractivity contribution in [2.75, 3.05) is 26.2 Å². The fraction of sp³-hybridized carbons (Fsp3) is 0.611. The fourth-order valence-corrected chi connectivity index (χ4v) is 3.48. The number of hydrogen-bond donors (Lipinski definition) is 0. The third kappa shape index (κ3) is 3.86. The Morgan fingerprint density at radius 3 is 2.62 bits per heavy atom. The molecule has 0 aliphatic carbocycles. The summed E-state index contributed by atoms with van der Waals surface area (Å²) in [5, 5.41) is 0. The van der Waals surface area contributed by atoms with Crippen LogP contribution in [0.2, 0.25) is 0 Å². The average molecular weight is 331 g/mol. The highest BCUT2D eigenvalue weighted by molar-refractivity contribution is 5.84. The molecule has 2 amide bonds. The van der Waals surface area contributed by atoms with E-state index in [1.54, 1.807) is 17.3 Å². The standard InChI is InChI=1S/C18H25N3O3/c1-2-20-13-14(3-4-17(20)22)18(23)21-11-7-16(8-12-21)24-15-5-9-19-10-6-15/h5-6,9-10,14,16H,2-4,7-8,11-13H2,1H3/t14-/m0/s1. The summed E-state index contributed by atoms with van der Waals surface area (Å²) in [5.41, 5.74) is 0. The number of rotatable bonds is 4. The lowest BCUT2D eigenvalue weighted by atomic mass is 9.95. The maximum Gasteiger partial charge on any atom is 0.227 e. The first-order chi connectivity index (χ1) is 11.7. The van der Waals surface area contributed by atoms with Gasteiger partial charge >= 0.3 is 0 Å². The summed E-state index contributed by atoms with van der Waals surface area (Å²) in [6, 6.07) is 3.71. The van der Waals surface area contributed by atoms with Gasteiger partial charge in [0.2, 0.25) is 11.8 Å². The second-order valence-electron chi connectivity index (χ2n) is 6.49.